The van der Waals surface area contributed by atoms with Crippen molar-refractivity contribution in [2.24, 2.45) is 0 Å². The van der Waals surface area contributed by atoms with Gasteiger partial charge in [-0.1, -0.05) is 0 Å². The Morgan fingerprint density at radius 1 is 1.56 bits per heavy atom. The highest BCUT2D eigenvalue weighted by atomic mass is 19.1. The van der Waals surface area contributed by atoms with Crippen molar-refractivity contribution in [1.29, 1.82) is 5.26 Å². The van der Waals surface area contributed by atoms with Crippen molar-refractivity contribution in [2.45, 2.75) is 19.4 Å². The first-order valence-corrected chi connectivity index (χ1v) is 5.38. The number of anilines is 1. The van der Waals surface area contributed by atoms with Gasteiger partial charge in [0.1, 0.15) is 5.82 Å². The summed E-state index contributed by atoms with van der Waals surface area (Å²) in [6.45, 7) is 3.59. The fraction of sp³-hybridized carbons (Fsp3) is 0.417. The normalized spacial score (nSPS) is 19.4. The summed E-state index contributed by atoms with van der Waals surface area (Å²) in [5.41, 5.74) is 1.66. The maximum Gasteiger partial charge on any atom is 0.129 e. The Kier molecular flexibility index (Phi) is 3.07. The van der Waals surface area contributed by atoms with Crippen molar-refractivity contribution in [1.82, 2.24) is 5.32 Å². The molecule has 0 amide bonds. The Morgan fingerprint density at radius 2 is 2.38 bits per heavy atom. The molecule has 0 saturated carbocycles. The lowest BCUT2D eigenvalue weighted by Gasteiger charge is -2.15. The predicted octanol–water partition coefficient (Wildman–Crippen LogP) is 1.78. The molecule has 2 rings (SSSR count). The number of benzene rings is 1. The zero-order valence-corrected chi connectivity index (χ0v) is 9.18. The Bertz CT molecular complexity index is 431. The first-order valence-electron chi connectivity index (χ1n) is 5.38. The van der Waals surface area contributed by atoms with Crippen molar-refractivity contribution >= 4 is 5.69 Å². The van der Waals surface area contributed by atoms with Crippen LogP contribution in [-0.4, -0.2) is 19.1 Å². The average molecular weight is 219 g/mol. The van der Waals surface area contributed by atoms with Gasteiger partial charge >= 0.3 is 0 Å². The number of halogens is 1. The van der Waals surface area contributed by atoms with E-state index in [9.17, 15) is 4.39 Å². The standard InChI is InChI=1S/C12H14FN3/c1-8-11(13)4-9(6-14)5-12(8)16-10-2-3-15-7-10/h4-5,10,15-16H,2-3,7H2,1H3. The van der Waals surface area contributed by atoms with Gasteiger partial charge in [-0.05, 0) is 32.0 Å². The van der Waals surface area contributed by atoms with Crippen molar-refractivity contribution in [2.75, 3.05) is 18.4 Å². The summed E-state index contributed by atoms with van der Waals surface area (Å²) < 4.78 is 13.5. The molecule has 1 aliphatic heterocycles. The first kappa shape index (κ1) is 10.9. The molecule has 16 heavy (non-hydrogen) atoms. The second kappa shape index (κ2) is 4.50. The molecule has 1 aromatic carbocycles. The summed E-state index contributed by atoms with van der Waals surface area (Å²) in [7, 11) is 0. The van der Waals surface area contributed by atoms with Crippen molar-refractivity contribution in [3.8, 4) is 6.07 Å². The van der Waals surface area contributed by atoms with Crippen LogP contribution in [0.15, 0.2) is 12.1 Å². The van der Waals surface area contributed by atoms with Gasteiger partial charge in [0.15, 0.2) is 0 Å². The van der Waals surface area contributed by atoms with E-state index in [1.807, 2.05) is 6.07 Å². The molecule has 0 aromatic heterocycles. The van der Waals surface area contributed by atoms with Gasteiger partial charge in [-0.2, -0.15) is 5.26 Å². The molecular formula is C12H14FN3. The number of hydrogen-bond donors (Lipinski definition) is 2. The smallest absolute Gasteiger partial charge is 0.129 e. The Balaban J connectivity index is 2.25. The van der Waals surface area contributed by atoms with Gasteiger partial charge < -0.3 is 10.6 Å². The van der Waals surface area contributed by atoms with Crippen molar-refractivity contribution in [3.63, 3.8) is 0 Å². The van der Waals surface area contributed by atoms with E-state index in [2.05, 4.69) is 10.6 Å². The molecule has 2 N–H and O–H groups in total. The maximum absolute atomic E-state index is 13.5. The molecule has 1 unspecified atom stereocenters. The van der Waals surface area contributed by atoms with E-state index >= 15 is 0 Å². The van der Waals surface area contributed by atoms with Gasteiger partial charge in [0.05, 0.1) is 11.6 Å². The number of rotatable bonds is 2. The van der Waals surface area contributed by atoms with Gasteiger partial charge in [0, 0.05) is 23.8 Å². The Morgan fingerprint density at radius 3 is 3.00 bits per heavy atom. The van der Waals surface area contributed by atoms with Crippen LogP contribution in [0.1, 0.15) is 17.5 Å². The third-order valence-corrected chi connectivity index (χ3v) is 2.89. The molecule has 4 heteroatoms. The Hall–Kier alpha value is -1.60. The summed E-state index contributed by atoms with van der Waals surface area (Å²) in [6.07, 6.45) is 1.03. The van der Waals surface area contributed by atoms with Crippen LogP contribution in [0.4, 0.5) is 10.1 Å². The number of nitrogens with zero attached hydrogens (tertiary/aromatic N) is 1. The van der Waals surface area contributed by atoms with Gasteiger partial charge in [0.2, 0.25) is 0 Å². The zero-order valence-electron chi connectivity index (χ0n) is 9.18. The number of nitrogens with one attached hydrogen (secondary N) is 2. The van der Waals surface area contributed by atoms with Crippen LogP contribution in [0.3, 0.4) is 0 Å². The summed E-state index contributed by atoms with van der Waals surface area (Å²) in [4.78, 5) is 0. The van der Waals surface area contributed by atoms with E-state index < -0.39 is 0 Å². The lowest BCUT2D eigenvalue weighted by Crippen LogP contribution is -2.22. The molecule has 0 aliphatic carbocycles. The molecule has 0 spiro atoms. The highest BCUT2D eigenvalue weighted by Gasteiger charge is 2.16. The van der Waals surface area contributed by atoms with Gasteiger partial charge in [-0.3, -0.25) is 0 Å². The molecule has 1 fully saturated rings. The molecule has 1 aliphatic rings. The third-order valence-electron chi connectivity index (χ3n) is 2.89. The van der Waals surface area contributed by atoms with E-state index in [1.54, 1.807) is 13.0 Å². The molecule has 0 bridgehead atoms. The summed E-state index contributed by atoms with van der Waals surface area (Å²) in [5.74, 6) is -0.326. The molecule has 1 heterocycles. The quantitative estimate of drug-likeness (QED) is 0.797. The topological polar surface area (TPSA) is 47.9 Å². The fourth-order valence-corrected chi connectivity index (χ4v) is 1.89. The summed E-state index contributed by atoms with van der Waals surface area (Å²) >= 11 is 0. The largest absolute Gasteiger partial charge is 0.381 e. The van der Waals surface area contributed by atoms with E-state index in [4.69, 9.17) is 5.26 Å². The van der Waals surface area contributed by atoms with Crippen LogP contribution in [0.25, 0.3) is 0 Å². The summed E-state index contributed by atoms with van der Waals surface area (Å²) in [5, 5.41) is 15.3. The molecular weight excluding hydrogens is 205 g/mol. The SMILES string of the molecule is Cc1c(F)cc(C#N)cc1NC1CCNC1. The van der Waals surface area contributed by atoms with Crippen LogP contribution in [-0.2, 0) is 0 Å². The minimum Gasteiger partial charge on any atom is -0.381 e. The molecule has 1 saturated heterocycles. The fourth-order valence-electron chi connectivity index (χ4n) is 1.89. The van der Waals surface area contributed by atoms with E-state index in [0.29, 0.717) is 17.2 Å². The average Bonchev–Trinajstić information content (AvgIpc) is 2.77. The first-order chi connectivity index (χ1) is 7.70. The molecule has 84 valence electrons. The second-order valence-electron chi connectivity index (χ2n) is 4.08. The lowest BCUT2D eigenvalue weighted by atomic mass is 10.1. The number of nitriles is 1. The summed E-state index contributed by atoms with van der Waals surface area (Å²) in [6, 6.07) is 5.27. The minimum absolute atomic E-state index is 0.326. The molecule has 1 atom stereocenters. The highest BCUT2D eigenvalue weighted by molar-refractivity contribution is 5.56. The molecule has 1 aromatic rings. The van der Waals surface area contributed by atoms with Gasteiger partial charge in [-0.15, -0.1) is 0 Å². The van der Waals surface area contributed by atoms with Crippen LogP contribution >= 0.6 is 0 Å². The van der Waals surface area contributed by atoms with Crippen LogP contribution in [0.2, 0.25) is 0 Å². The van der Waals surface area contributed by atoms with Crippen LogP contribution in [0, 0.1) is 24.1 Å². The van der Waals surface area contributed by atoms with Crippen molar-refractivity contribution < 1.29 is 4.39 Å². The van der Waals surface area contributed by atoms with E-state index in [0.717, 1.165) is 25.2 Å². The molecule has 3 nitrogen and oxygen atoms in total. The predicted molar refractivity (Wildman–Crippen MR) is 60.7 cm³/mol. The maximum atomic E-state index is 13.5. The Labute approximate surface area is 94.3 Å². The van der Waals surface area contributed by atoms with E-state index in [1.165, 1.54) is 6.07 Å². The lowest BCUT2D eigenvalue weighted by molar-refractivity contribution is 0.618. The second-order valence-corrected chi connectivity index (χ2v) is 4.08. The minimum atomic E-state index is -0.326. The van der Waals surface area contributed by atoms with E-state index in [-0.39, 0.29) is 5.82 Å². The monoisotopic (exact) mass is 219 g/mol. The van der Waals surface area contributed by atoms with Gasteiger partial charge in [-0.25, -0.2) is 4.39 Å². The highest BCUT2D eigenvalue weighted by Crippen LogP contribution is 2.22. The molecule has 0 radical (unpaired) electrons. The van der Waals surface area contributed by atoms with Gasteiger partial charge in [0.25, 0.3) is 0 Å². The van der Waals surface area contributed by atoms with Crippen LogP contribution < -0.4 is 10.6 Å². The van der Waals surface area contributed by atoms with Crippen molar-refractivity contribution in [3.05, 3.63) is 29.1 Å². The third kappa shape index (κ3) is 2.15. The van der Waals surface area contributed by atoms with Crippen LogP contribution in [0.5, 0.6) is 0 Å². The zero-order chi connectivity index (χ0) is 11.5. The number of hydrogen-bond acceptors (Lipinski definition) is 3.